The molecule has 0 aliphatic heterocycles. The fourth-order valence-electron chi connectivity index (χ4n) is 1.77. The molecule has 0 spiro atoms. The monoisotopic (exact) mass is 290 g/mol. The van der Waals surface area contributed by atoms with E-state index >= 15 is 0 Å². The summed E-state index contributed by atoms with van der Waals surface area (Å²) in [5, 5.41) is 0. The number of esters is 1. The molecule has 6 heteroatoms. The van der Waals surface area contributed by atoms with E-state index in [1.165, 1.54) is 7.11 Å². The summed E-state index contributed by atoms with van der Waals surface area (Å²) in [5.74, 6) is -0.364. The van der Waals surface area contributed by atoms with Crippen LogP contribution in [0.25, 0.3) is 0 Å². The molecule has 0 atom stereocenters. The summed E-state index contributed by atoms with van der Waals surface area (Å²) in [4.78, 5) is 11.2. The molecule has 0 fully saturated rings. The number of hydrogen-bond acceptors (Lipinski definition) is 5. The van der Waals surface area contributed by atoms with Gasteiger partial charge in [0.2, 0.25) is 0 Å². The van der Waals surface area contributed by atoms with Crippen molar-refractivity contribution >= 4 is 14.8 Å². The molecule has 0 rings (SSSR count). The van der Waals surface area contributed by atoms with Gasteiger partial charge in [-0.25, -0.2) is 4.79 Å². The zero-order valence-electron chi connectivity index (χ0n) is 12.5. The second-order valence-corrected chi connectivity index (χ2v) is 6.66. The number of carbonyl (C=O) groups is 1. The molecule has 0 bridgehead atoms. The van der Waals surface area contributed by atoms with Crippen molar-refractivity contribution in [1.82, 2.24) is 0 Å². The van der Waals surface area contributed by atoms with Crippen molar-refractivity contribution in [2.45, 2.75) is 39.7 Å². The minimum Gasteiger partial charge on any atom is -0.466 e. The Morgan fingerprint density at radius 3 is 1.89 bits per heavy atom. The summed E-state index contributed by atoms with van der Waals surface area (Å²) in [6.45, 7) is 11.2. The molecule has 112 valence electrons. The Labute approximate surface area is 117 Å². The third kappa shape index (κ3) is 6.86. The maximum atomic E-state index is 11.2. The Bertz CT molecular complexity index is 263. The molecule has 0 heterocycles. The smallest absolute Gasteiger partial charge is 0.466 e. The first-order valence-corrected chi connectivity index (χ1v) is 8.66. The van der Waals surface area contributed by atoms with Gasteiger partial charge in [-0.3, -0.25) is 0 Å². The maximum absolute atomic E-state index is 11.2. The molecule has 0 aliphatic carbocycles. The molecule has 0 aromatic heterocycles. The average Bonchev–Trinajstić information content (AvgIpc) is 2.38. The normalized spacial score (nSPS) is 11.4. The highest BCUT2D eigenvalue weighted by atomic mass is 28.4. The van der Waals surface area contributed by atoms with Gasteiger partial charge in [-0.1, -0.05) is 6.58 Å². The van der Waals surface area contributed by atoms with Crippen LogP contribution >= 0.6 is 0 Å². The largest absolute Gasteiger partial charge is 0.500 e. The van der Waals surface area contributed by atoms with Crippen molar-refractivity contribution in [3.63, 3.8) is 0 Å². The number of methoxy groups -OCH3 is 1. The van der Waals surface area contributed by atoms with Crippen LogP contribution < -0.4 is 0 Å². The standard InChI is InChI=1S/C13H26O5Si/c1-6-16-19(17-7-2,18-8-3)11-9-10-12(4)13(14)15-5/h4,6-11H2,1-3,5H3. The first-order valence-electron chi connectivity index (χ1n) is 6.73. The van der Waals surface area contributed by atoms with E-state index in [0.29, 0.717) is 37.9 Å². The minimum atomic E-state index is -2.60. The van der Waals surface area contributed by atoms with Crippen LogP contribution in [0.4, 0.5) is 0 Å². The fourth-order valence-corrected chi connectivity index (χ4v) is 4.38. The Kier molecular flexibility index (Phi) is 9.77. The summed E-state index contributed by atoms with van der Waals surface area (Å²) in [7, 11) is -1.25. The van der Waals surface area contributed by atoms with Gasteiger partial charge in [0.1, 0.15) is 0 Å². The maximum Gasteiger partial charge on any atom is 0.500 e. The van der Waals surface area contributed by atoms with Crippen LogP contribution in [0.15, 0.2) is 12.2 Å². The highest BCUT2D eigenvalue weighted by Crippen LogP contribution is 2.21. The topological polar surface area (TPSA) is 54.0 Å². The lowest BCUT2D eigenvalue weighted by atomic mass is 10.2. The lowest BCUT2D eigenvalue weighted by Crippen LogP contribution is -2.45. The Morgan fingerprint density at radius 2 is 1.53 bits per heavy atom. The number of carbonyl (C=O) groups excluding carboxylic acids is 1. The zero-order valence-corrected chi connectivity index (χ0v) is 13.5. The molecule has 0 saturated heterocycles. The molecule has 0 aromatic carbocycles. The van der Waals surface area contributed by atoms with Crippen LogP contribution in [-0.2, 0) is 22.8 Å². The van der Waals surface area contributed by atoms with E-state index in [2.05, 4.69) is 11.3 Å². The predicted octanol–water partition coefficient (Wildman–Crippen LogP) is 2.54. The lowest BCUT2D eigenvalue weighted by molar-refractivity contribution is -0.136. The van der Waals surface area contributed by atoms with Gasteiger partial charge in [0.15, 0.2) is 0 Å². The van der Waals surface area contributed by atoms with Crippen molar-refractivity contribution < 1.29 is 22.8 Å². The molecule has 0 aliphatic rings. The molecule has 0 saturated carbocycles. The van der Waals surface area contributed by atoms with Gasteiger partial charge in [-0.2, -0.15) is 0 Å². The van der Waals surface area contributed by atoms with E-state index in [4.69, 9.17) is 13.3 Å². The van der Waals surface area contributed by atoms with E-state index in [9.17, 15) is 4.79 Å². The molecule has 0 N–H and O–H groups in total. The van der Waals surface area contributed by atoms with Gasteiger partial charge in [0, 0.05) is 31.4 Å². The summed E-state index contributed by atoms with van der Waals surface area (Å²) >= 11 is 0. The number of hydrogen-bond donors (Lipinski definition) is 0. The first-order chi connectivity index (χ1) is 9.05. The zero-order chi connectivity index (χ0) is 14.7. The number of ether oxygens (including phenoxy) is 1. The third-order valence-electron chi connectivity index (χ3n) is 2.53. The molecule has 0 amide bonds. The van der Waals surface area contributed by atoms with Crippen molar-refractivity contribution in [3.05, 3.63) is 12.2 Å². The van der Waals surface area contributed by atoms with Crippen LogP contribution in [0.5, 0.6) is 0 Å². The highest BCUT2D eigenvalue weighted by Gasteiger charge is 2.39. The lowest BCUT2D eigenvalue weighted by Gasteiger charge is -2.28. The van der Waals surface area contributed by atoms with E-state index in [-0.39, 0.29) is 5.97 Å². The van der Waals surface area contributed by atoms with Crippen LogP contribution in [0.1, 0.15) is 33.6 Å². The molecular formula is C13H26O5Si. The van der Waals surface area contributed by atoms with Gasteiger partial charge in [0.05, 0.1) is 7.11 Å². The van der Waals surface area contributed by atoms with Crippen LogP contribution in [0.2, 0.25) is 6.04 Å². The second-order valence-electron chi connectivity index (χ2n) is 3.93. The van der Waals surface area contributed by atoms with Crippen molar-refractivity contribution in [1.29, 1.82) is 0 Å². The highest BCUT2D eigenvalue weighted by molar-refractivity contribution is 6.60. The third-order valence-corrected chi connectivity index (χ3v) is 5.68. The van der Waals surface area contributed by atoms with Crippen LogP contribution in [0, 0.1) is 0 Å². The van der Waals surface area contributed by atoms with Crippen molar-refractivity contribution in [2.75, 3.05) is 26.9 Å². The SMILES string of the molecule is C=C(CCC[Si](OCC)(OCC)OCC)C(=O)OC. The van der Waals surface area contributed by atoms with Crippen molar-refractivity contribution in [2.24, 2.45) is 0 Å². The molecule has 19 heavy (non-hydrogen) atoms. The molecule has 5 nitrogen and oxygen atoms in total. The summed E-state index contributed by atoms with van der Waals surface area (Å²) in [5.41, 5.74) is 0.467. The van der Waals surface area contributed by atoms with E-state index in [1.54, 1.807) is 0 Å². The van der Waals surface area contributed by atoms with Gasteiger partial charge >= 0.3 is 14.8 Å². The first kappa shape index (κ1) is 18.3. The van der Waals surface area contributed by atoms with Crippen LogP contribution in [-0.4, -0.2) is 41.7 Å². The minimum absolute atomic E-state index is 0.364. The summed E-state index contributed by atoms with van der Waals surface area (Å²) in [6, 6.07) is 0.679. The second kappa shape index (κ2) is 10.1. The average molecular weight is 290 g/mol. The Morgan fingerprint density at radius 1 is 1.05 bits per heavy atom. The molecule has 0 unspecified atom stereocenters. The fraction of sp³-hybridized carbons (Fsp3) is 0.769. The van der Waals surface area contributed by atoms with E-state index < -0.39 is 8.80 Å². The van der Waals surface area contributed by atoms with E-state index in [1.807, 2.05) is 20.8 Å². The molecule has 0 aromatic rings. The molecule has 0 radical (unpaired) electrons. The summed E-state index contributed by atoms with van der Waals surface area (Å²) in [6.07, 6.45) is 1.30. The van der Waals surface area contributed by atoms with Gasteiger partial charge in [-0.05, 0) is 33.6 Å². The Hall–Kier alpha value is -0.693. The van der Waals surface area contributed by atoms with Gasteiger partial charge < -0.3 is 18.0 Å². The van der Waals surface area contributed by atoms with E-state index in [0.717, 1.165) is 6.42 Å². The van der Waals surface area contributed by atoms with Gasteiger partial charge in [-0.15, -0.1) is 0 Å². The Balaban J connectivity index is 4.39. The molecular weight excluding hydrogens is 264 g/mol. The van der Waals surface area contributed by atoms with Crippen LogP contribution in [0.3, 0.4) is 0 Å². The summed E-state index contributed by atoms with van der Waals surface area (Å²) < 4.78 is 21.8. The quantitative estimate of drug-likeness (QED) is 0.332. The van der Waals surface area contributed by atoms with Crippen molar-refractivity contribution in [3.8, 4) is 0 Å². The van der Waals surface area contributed by atoms with Gasteiger partial charge in [0.25, 0.3) is 0 Å². The predicted molar refractivity (Wildman–Crippen MR) is 75.8 cm³/mol. The number of rotatable bonds is 11.